The molecule has 0 aromatic heterocycles. The normalized spacial score (nSPS) is 24.8. The second-order valence-electron chi connectivity index (χ2n) is 5.48. The smallest absolute Gasteiger partial charge is 0.0674 e. The highest BCUT2D eigenvalue weighted by Gasteiger charge is 2.16. The van der Waals surface area contributed by atoms with Crippen molar-refractivity contribution in [2.24, 2.45) is 0 Å². The fourth-order valence-electron chi connectivity index (χ4n) is 2.93. The molecule has 1 saturated heterocycles. The van der Waals surface area contributed by atoms with Crippen molar-refractivity contribution < 1.29 is 4.74 Å². The molecule has 98 valence electrons. The Bertz CT molecular complexity index is 419. The predicted octanol–water partition coefficient (Wildman–Crippen LogP) is 1.90. The van der Waals surface area contributed by atoms with E-state index in [1.807, 2.05) is 0 Å². The predicted molar refractivity (Wildman–Crippen MR) is 72.3 cm³/mol. The van der Waals surface area contributed by atoms with Gasteiger partial charge in [-0.05, 0) is 30.0 Å². The van der Waals surface area contributed by atoms with E-state index in [1.54, 1.807) is 0 Å². The van der Waals surface area contributed by atoms with Gasteiger partial charge in [-0.2, -0.15) is 0 Å². The van der Waals surface area contributed by atoms with E-state index in [-0.39, 0.29) is 0 Å². The molecule has 0 radical (unpaired) electrons. The second-order valence-corrected chi connectivity index (χ2v) is 5.48. The van der Waals surface area contributed by atoms with Crippen LogP contribution in [0.4, 0.5) is 0 Å². The van der Waals surface area contributed by atoms with Crippen molar-refractivity contribution in [1.29, 1.82) is 0 Å². The summed E-state index contributed by atoms with van der Waals surface area (Å²) in [7, 11) is 0. The molecule has 1 fully saturated rings. The zero-order valence-corrected chi connectivity index (χ0v) is 11.1. The summed E-state index contributed by atoms with van der Waals surface area (Å²) in [6, 6.07) is 6.93. The molecule has 1 aromatic carbocycles. The summed E-state index contributed by atoms with van der Waals surface area (Å²) in [5.74, 6) is 0. The average Bonchev–Trinajstić information content (AvgIpc) is 2.72. The fraction of sp³-hybridized carbons (Fsp3) is 0.600. The minimum absolute atomic E-state index is 0.364. The number of hydrogen-bond donors (Lipinski definition) is 1. The Labute approximate surface area is 109 Å². The van der Waals surface area contributed by atoms with Crippen molar-refractivity contribution in [1.82, 2.24) is 10.2 Å². The van der Waals surface area contributed by atoms with Gasteiger partial charge in [-0.3, -0.25) is 4.90 Å². The van der Waals surface area contributed by atoms with Gasteiger partial charge in [0.2, 0.25) is 0 Å². The molecule has 1 aromatic rings. The molecule has 18 heavy (non-hydrogen) atoms. The fourth-order valence-corrected chi connectivity index (χ4v) is 2.93. The maximum Gasteiger partial charge on any atom is 0.0674 e. The van der Waals surface area contributed by atoms with Crippen molar-refractivity contribution in [3.8, 4) is 0 Å². The lowest BCUT2D eigenvalue weighted by molar-refractivity contribution is 0.0668. The summed E-state index contributed by atoms with van der Waals surface area (Å²) in [6.45, 7) is 8.40. The molecule has 1 atom stereocenters. The molecule has 3 rings (SSSR count). The number of fused-ring (bicyclic) bond motifs is 1. The summed E-state index contributed by atoms with van der Waals surface area (Å²) in [5.41, 5.74) is 4.38. The first-order valence-corrected chi connectivity index (χ1v) is 6.96. The maximum absolute atomic E-state index is 5.69. The number of ether oxygens (including phenoxy) is 1. The van der Waals surface area contributed by atoms with Crippen LogP contribution in [-0.2, 0) is 24.4 Å². The number of hydrogen-bond acceptors (Lipinski definition) is 3. The van der Waals surface area contributed by atoms with Crippen molar-refractivity contribution in [3.05, 3.63) is 34.9 Å². The van der Waals surface area contributed by atoms with Crippen LogP contribution in [0.1, 0.15) is 30.0 Å². The van der Waals surface area contributed by atoms with E-state index >= 15 is 0 Å². The number of rotatable bonds is 2. The molecule has 0 spiro atoms. The van der Waals surface area contributed by atoms with Crippen molar-refractivity contribution in [2.75, 3.05) is 19.7 Å². The van der Waals surface area contributed by atoms with E-state index in [4.69, 9.17) is 4.74 Å². The Morgan fingerprint density at radius 1 is 1.33 bits per heavy atom. The summed E-state index contributed by atoms with van der Waals surface area (Å²) in [4.78, 5) is 2.52. The molecular weight excluding hydrogens is 224 g/mol. The van der Waals surface area contributed by atoms with E-state index in [0.717, 1.165) is 45.8 Å². The highest BCUT2D eigenvalue weighted by atomic mass is 16.5. The Kier molecular flexibility index (Phi) is 3.64. The lowest BCUT2D eigenvalue weighted by Gasteiger charge is -2.22. The zero-order chi connectivity index (χ0) is 12.4. The number of nitrogens with zero attached hydrogens (tertiary/aromatic N) is 1. The first kappa shape index (κ1) is 12.2. The highest BCUT2D eigenvalue weighted by molar-refractivity contribution is 5.34. The molecule has 0 saturated carbocycles. The number of benzene rings is 1. The van der Waals surface area contributed by atoms with Crippen LogP contribution < -0.4 is 5.32 Å². The molecule has 2 aliphatic rings. The van der Waals surface area contributed by atoms with Gasteiger partial charge >= 0.3 is 0 Å². The van der Waals surface area contributed by atoms with Gasteiger partial charge in [0.15, 0.2) is 0 Å². The summed E-state index contributed by atoms with van der Waals surface area (Å²) >= 11 is 0. The van der Waals surface area contributed by atoms with Crippen molar-refractivity contribution >= 4 is 0 Å². The van der Waals surface area contributed by atoms with Gasteiger partial charge in [0.1, 0.15) is 0 Å². The van der Waals surface area contributed by atoms with Crippen LogP contribution in [-0.4, -0.2) is 30.7 Å². The van der Waals surface area contributed by atoms with Crippen LogP contribution in [0, 0.1) is 0 Å². The van der Waals surface area contributed by atoms with Crippen LogP contribution in [0.3, 0.4) is 0 Å². The van der Waals surface area contributed by atoms with Crippen LogP contribution >= 0.6 is 0 Å². The van der Waals surface area contributed by atoms with Crippen LogP contribution in [0.2, 0.25) is 0 Å². The summed E-state index contributed by atoms with van der Waals surface area (Å²) in [6.07, 6.45) is 1.51. The minimum Gasteiger partial charge on any atom is -0.377 e. The van der Waals surface area contributed by atoms with E-state index < -0.39 is 0 Å². The molecular formula is C15H22N2O. The monoisotopic (exact) mass is 246 g/mol. The average molecular weight is 246 g/mol. The van der Waals surface area contributed by atoms with Gasteiger partial charge in [0.25, 0.3) is 0 Å². The Hall–Kier alpha value is -0.900. The molecule has 0 amide bonds. The van der Waals surface area contributed by atoms with Gasteiger partial charge in [-0.15, -0.1) is 0 Å². The van der Waals surface area contributed by atoms with E-state index in [9.17, 15) is 0 Å². The third-order valence-corrected chi connectivity index (χ3v) is 3.84. The van der Waals surface area contributed by atoms with E-state index in [0.29, 0.717) is 6.10 Å². The van der Waals surface area contributed by atoms with Crippen LogP contribution in [0.25, 0.3) is 0 Å². The van der Waals surface area contributed by atoms with Gasteiger partial charge in [0, 0.05) is 39.3 Å². The molecule has 3 nitrogen and oxygen atoms in total. The standard InChI is InChI=1S/C15H22N2O/c1-12-10-17(5-2-6-18-12)11-13-3-4-14-8-16-9-15(14)7-13/h3-4,7,12,16H,2,5-6,8-11H2,1H3. The summed E-state index contributed by atoms with van der Waals surface area (Å²) < 4.78 is 5.69. The van der Waals surface area contributed by atoms with Crippen molar-refractivity contribution in [3.63, 3.8) is 0 Å². The lowest BCUT2D eigenvalue weighted by atomic mass is 10.1. The van der Waals surface area contributed by atoms with Gasteiger partial charge in [0.05, 0.1) is 6.10 Å². The quantitative estimate of drug-likeness (QED) is 0.862. The Morgan fingerprint density at radius 2 is 2.22 bits per heavy atom. The third-order valence-electron chi connectivity index (χ3n) is 3.84. The molecule has 0 bridgehead atoms. The first-order chi connectivity index (χ1) is 8.81. The van der Waals surface area contributed by atoms with Crippen LogP contribution in [0.15, 0.2) is 18.2 Å². The maximum atomic E-state index is 5.69. The lowest BCUT2D eigenvalue weighted by Crippen LogP contribution is -2.29. The van der Waals surface area contributed by atoms with Gasteiger partial charge < -0.3 is 10.1 Å². The first-order valence-electron chi connectivity index (χ1n) is 6.96. The Morgan fingerprint density at radius 3 is 3.17 bits per heavy atom. The van der Waals surface area contributed by atoms with Crippen molar-refractivity contribution in [2.45, 2.75) is 39.1 Å². The third kappa shape index (κ3) is 2.74. The topological polar surface area (TPSA) is 24.5 Å². The van der Waals surface area contributed by atoms with E-state index in [2.05, 4.69) is 35.3 Å². The SMILES string of the molecule is CC1CN(Cc2ccc3c(c2)CNC3)CCCO1. The summed E-state index contributed by atoms with van der Waals surface area (Å²) in [5, 5.41) is 3.40. The van der Waals surface area contributed by atoms with Gasteiger partial charge in [-0.25, -0.2) is 0 Å². The Balaban J connectivity index is 1.68. The second kappa shape index (κ2) is 5.39. The zero-order valence-electron chi connectivity index (χ0n) is 11.1. The molecule has 2 heterocycles. The molecule has 1 unspecified atom stereocenters. The highest BCUT2D eigenvalue weighted by Crippen LogP contribution is 2.19. The molecule has 0 aliphatic carbocycles. The van der Waals surface area contributed by atoms with Crippen LogP contribution in [0.5, 0.6) is 0 Å². The van der Waals surface area contributed by atoms with E-state index in [1.165, 1.54) is 16.7 Å². The number of nitrogens with one attached hydrogen (secondary N) is 1. The minimum atomic E-state index is 0.364. The molecule has 3 heteroatoms. The molecule has 1 N–H and O–H groups in total. The largest absolute Gasteiger partial charge is 0.377 e. The molecule has 2 aliphatic heterocycles. The van der Waals surface area contributed by atoms with Gasteiger partial charge in [-0.1, -0.05) is 18.2 Å².